The number of benzene rings is 1. The van der Waals surface area contributed by atoms with Gasteiger partial charge in [-0.05, 0) is 56.4 Å². The molecule has 1 amide bonds. The van der Waals surface area contributed by atoms with E-state index in [-0.39, 0.29) is 12.6 Å². The van der Waals surface area contributed by atoms with Crippen molar-refractivity contribution in [1.29, 1.82) is 0 Å². The topological polar surface area (TPSA) is 90.3 Å². The monoisotopic (exact) mass is 493 g/mol. The molecule has 1 aliphatic rings. The molecule has 0 aliphatic heterocycles. The third kappa shape index (κ3) is 4.82. The van der Waals surface area contributed by atoms with Crippen molar-refractivity contribution in [2.75, 3.05) is 5.32 Å². The molecule has 4 rings (SSSR count). The van der Waals surface area contributed by atoms with E-state index in [0.29, 0.717) is 36.4 Å². The summed E-state index contributed by atoms with van der Waals surface area (Å²) >= 11 is 13.2. The largest absolute Gasteiger partial charge is 0.458 e. The second-order valence-corrected chi connectivity index (χ2v) is 9.59. The highest BCUT2D eigenvalue weighted by Gasteiger charge is 2.24. The molecule has 1 aromatic carbocycles. The van der Waals surface area contributed by atoms with Gasteiger partial charge in [0.2, 0.25) is 5.91 Å². The van der Waals surface area contributed by atoms with Crippen LogP contribution in [-0.2, 0) is 16.1 Å². The average Bonchev–Trinajstić information content (AvgIpc) is 3.11. The molecule has 1 aliphatic carbocycles. The average molecular weight is 494 g/mol. The Hall–Kier alpha value is -2.42. The molecule has 1 saturated carbocycles. The summed E-state index contributed by atoms with van der Waals surface area (Å²) in [6, 6.07) is 4.71. The second kappa shape index (κ2) is 9.60. The van der Waals surface area contributed by atoms with E-state index in [1.807, 2.05) is 0 Å². The number of nitrogens with one attached hydrogen (secondary N) is 1. The first-order valence-electron chi connectivity index (χ1n) is 10.3. The number of anilines is 1. The number of carbonyl (C=O) groups is 2. The van der Waals surface area contributed by atoms with Crippen molar-refractivity contribution >= 4 is 62.3 Å². The van der Waals surface area contributed by atoms with Gasteiger partial charge in [-0.25, -0.2) is 9.78 Å². The number of nitrogens with zero attached hydrogens (tertiary/aromatic N) is 2. The predicted molar refractivity (Wildman–Crippen MR) is 126 cm³/mol. The van der Waals surface area contributed by atoms with Crippen molar-refractivity contribution in [1.82, 2.24) is 9.55 Å². The summed E-state index contributed by atoms with van der Waals surface area (Å²) in [5.41, 5.74) is 0.481. The zero-order valence-corrected chi connectivity index (χ0v) is 19.6. The molecule has 32 heavy (non-hydrogen) atoms. The quantitative estimate of drug-likeness (QED) is 0.493. The predicted octanol–water partition coefficient (Wildman–Crippen LogP) is 5.20. The molecular weight excluding hydrogens is 473 g/mol. The first-order chi connectivity index (χ1) is 15.3. The molecule has 7 nitrogen and oxygen atoms in total. The number of halogens is 2. The minimum atomic E-state index is -0.456. The number of aryl methyl sites for hydroxylation is 1. The van der Waals surface area contributed by atoms with Crippen molar-refractivity contribution < 1.29 is 14.3 Å². The van der Waals surface area contributed by atoms with Crippen LogP contribution in [0.2, 0.25) is 10.0 Å². The van der Waals surface area contributed by atoms with Crippen LogP contribution < -0.4 is 10.9 Å². The Labute approximate surface area is 198 Å². The molecule has 0 bridgehead atoms. The number of hydrogen-bond donors (Lipinski definition) is 1. The summed E-state index contributed by atoms with van der Waals surface area (Å²) in [4.78, 5) is 43.3. The van der Waals surface area contributed by atoms with E-state index in [2.05, 4.69) is 10.3 Å². The number of hydrogen-bond acceptors (Lipinski definition) is 6. The number of amides is 1. The lowest BCUT2D eigenvalue weighted by atomic mass is 9.98. The summed E-state index contributed by atoms with van der Waals surface area (Å²) in [6.45, 7) is 1.44. The second-order valence-electron chi connectivity index (χ2n) is 7.75. The van der Waals surface area contributed by atoms with Crippen LogP contribution in [0, 0.1) is 6.92 Å². The lowest BCUT2D eigenvalue weighted by Gasteiger charge is -2.21. The molecule has 0 radical (unpaired) electrons. The molecular formula is C22H21Cl2N3O4S. The van der Waals surface area contributed by atoms with Gasteiger partial charge in [-0.15, -0.1) is 11.3 Å². The van der Waals surface area contributed by atoms with Crippen molar-refractivity contribution in [3.63, 3.8) is 0 Å². The third-order valence-corrected chi connectivity index (χ3v) is 7.19. The van der Waals surface area contributed by atoms with Gasteiger partial charge in [0.1, 0.15) is 22.4 Å². The van der Waals surface area contributed by atoms with Crippen LogP contribution in [-0.4, -0.2) is 27.5 Å². The molecule has 1 fully saturated rings. The molecule has 0 spiro atoms. The van der Waals surface area contributed by atoms with E-state index in [0.717, 1.165) is 43.4 Å². The first-order valence-corrected chi connectivity index (χ1v) is 11.8. The van der Waals surface area contributed by atoms with E-state index in [9.17, 15) is 14.4 Å². The number of rotatable bonds is 5. The Kier molecular flexibility index (Phi) is 6.83. The first kappa shape index (κ1) is 22.8. The minimum absolute atomic E-state index is 0.0764. The van der Waals surface area contributed by atoms with Gasteiger partial charge in [-0.1, -0.05) is 29.6 Å². The highest BCUT2D eigenvalue weighted by molar-refractivity contribution is 7.20. The van der Waals surface area contributed by atoms with Gasteiger partial charge in [0.25, 0.3) is 5.56 Å². The highest BCUT2D eigenvalue weighted by atomic mass is 35.5. The van der Waals surface area contributed by atoms with Gasteiger partial charge >= 0.3 is 5.97 Å². The molecule has 0 atom stereocenters. The normalized spacial score (nSPS) is 14.5. The molecule has 168 valence electrons. The van der Waals surface area contributed by atoms with Crippen molar-refractivity contribution in [2.45, 2.75) is 51.7 Å². The maximum Gasteiger partial charge on any atom is 0.348 e. The van der Waals surface area contributed by atoms with Gasteiger partial charge in [0, 0.05) is 5.02 Å². The summed E-state index contributed by atoms with van der Waals surface area (Å²) in [5, 5.41) is 3.72. The fourth-order valence-electron chi connectivity index (χ4n) is 3.79. The van der Waals surface area contributed by atoms with Crippen LogP contribution in [0.3, 0.4) is 0 Å². The Bertz CT molecular complexity index is 1250. The molecule has 10 heteroatoms. The fraction of sp³-hybridized carbons (Fsp3) is 0.364. The van der Waals surface area contributed by atoms with Crippen LogP contribution in [0.4, 0.5) is 5.69 Å². The molecule has 1 N–H and O–H groups in total. The summed E-state index contributed by atoms with van der Waals surface area (Å²) in [5.74, 6) is -0.876. The number of esters is 1. The minimum Gasteiger partial charge on any atom is -0.458 e. The summed E-state index contributed by atoms with van der Waals surface area (Å²) in [6.07, 6.45) is 6.23. The number of ether oxygens (including phenoxy) is 1. The number of fused-ring (bicyclic) bond motifs is 1. The van der Waals surface area contributed by atoms with E-state index in [1.54, 1.807) is 19.1 Å². The van der Waals surface area contributed by atoms with E-state index < -0.39 is 17.4 Å². The van der Waals surface area contributed by atoms with Crippen molar-refractivity contribution in [2.24, 2.45) is 0 Å². The van der Waals surface area contributed by atoms with Crippen molar-refractivity contribution in [3.8, 4) is 0 Å². The third-order valence-electron chi connectivity index (χ3n) is 5.45. The fourth-order valence-corrected chi connectivity index (χ4v) is 5.15. The molecule has 0 unspecified atom stereocenters. The maximum absolute atomic E-state index is 13.0. The lowest BCUT2D eigenvalue weighted by molar-refractivity contribution is -0.116. The summed E-state index contributed by atoms with van der Waals surface area (Å²) < 4.78 is 6.86. The standard InChI is InChI=1S/C22H21Cl2N3O4S/c1-12-18-20(32-19(12)22(30)31-14-5-3-2-4-6-14)25-11-27(21(18)29)10-17(28)26-16-9-13(23)7-8-15(16)24/h7-9,11,14H,2-6,10H2,1H3,(H,26,28). The molecule has 0 saturated heterocycles. The molecule has 2 heterocycles. The van der Waals surface area contributed by atoms with Crippen LogP contribution >= 0.6 is 34.5 Å². The SMILES string of the molecule is Cc1c(C(=O)OC2CCCCC2)sc2ncn(CC(=O)Nc3cc(Cl)ccc3Cl)c(=O)c12. The van der Waals surface area contributed by atoms with Gasteiger partial charge < -0.3 is 10.1 Å². The lowest BCUT2D eigenvalue weighted by Crippen LogP contribution is -2.28. The Morgan fingerprint density at radius 1 is 1.25 bits per heavy atom. The number of aromatic nitrogens is 2. The van der Waals surface area contributed by atoms with Gasteiger partial charge in [-0.3, -0.25) is 14.2 Å². The zero-order chi connectivity index (χ0) is 22.8. The Morgan fingerprint density at radius 3 is 2.75 bits per heavy atom. The summed E-state index contributed by atoms with van der Waals surface area (Å²) in [7, 11) is 0. The van der Waals surface area contributed by atoms with Crippen LogP contribution in [0.25, 0.3) is 10.2 Å². The van der Waals surface area contributed by atoms with Gasteiger partial charge in [-0.2, -0.15) is 0 Å². The van der Waals surface area contributed by atoms with E-state index in [4.69, 9.17) is 27.9 Å². The molecule has 2 aromatic heterocycles. The van der Waals surface area contributed by atoms with Crippen LogP contribution in [0.5, 0.6) is 0 Å². The van der Waals surface area contributed by atoms with E-state index in [1.165, 1.54) is 17.0 Å². The van der Waals surface area contributed by atoms with Gasteiger partial charge in [0.05, 0.1) is 22.4 Å². The maximum atomic E-state index is 13.0. The molecule has 3 aromatic rings. The Balaban J connectivity index is 1.55. The van der Waals surface area contributed by atoms with Crippen molar-refractivity contribution in [3.05, 3.63) is 55.4 Å². The van der Waals surface area contributed by atoms with E-state index >= 15 is 0 Å². The number of thiophene rings is 1. The highest BCUT2D eigenvalue weighted by Crippen LogP contribution is 2.29. The van der Waals surface area contributed by atoms with Crippen LogP contribution in [0.1, 0.15) is 47.3 Å². The number of carbonyl (C=O) groups excluding carboxylic acids is 2. The zero-order valence-electron chi connectivity index (χ0n) is 17.3. The van der Waals surface area contributed by atoms with Crippen LogP contribution in [0.15, 0.2) is 29.3 Å². The smallest absolute Gasteiger partial charge is 0.348 e. The Morgan fingerprint density at radius 2 is 2.00 bits per heavy atom. The van der Waals surface area contributed by atoms with Gasteiger partial charge in [0.15, 0.2) is 0 Å².